The average molecular weight is 330 g/mol. The van der Waals surface area contributed by atoms with Crippen LogP contribution in [0.2, 0.25) is 0 Å². The molecule has 0 spiro atoms. The molecule has 0 saturated carbocycles. The third-order valence-corrected chi connectivity index (χ3v) is 4.93. The monoisotopic (exact) mass is 330 g/mol. The van der Waals surface area contributed by atoms with Crippen molar-refractivity contribution in [1.29, 1.82) is 0 Å². The minimum atomic E-state index is -0.106. The zero-order valence-electron chi connectivity index (χ0n) is 13.6. The molecule has 1 aromatic heterocycles. The minimum absolute atomic E-state index is 0.106. The molecule has 1 aliphatic rings. The summed E-state index contributed by atoms with van der Waals surface area (Å²) in [5, 5.41) is 5.41. The Labute approximate surface area is 140 Å². The summed E-state index contributed by atoms with van der Waals surface area (Å²) in [5.41, 5.74) is 2.84. The standard InChI is InChI=1S/C17H22N4OS/c1-13-12-23-17(18-13)19-16(22)15-5-3-14(4-6-15)11-21-9-7-20(2)8-10-21/h3-6,12H,7-11H2,1-2H3,(H,18,19,22). The molecule has 0 aliphatic carbocycles. The Morgan fingerprint density at radius 3 is 2.52 bits per heavy atom. The molecule has 1 N–H and O–H groups in total. The Bertz CT molecular complexity index is 659. The number of thiazole rings is 1. The molecular formula is C17H22N4OS. The lowest BCUT2D eigenvalue weighted by atomic mass is 10.1. The predicted octanol–water partition coefficient (Wildman–Crippen LogP) is 2.45. The summed E-state index contributed by atoms with van der Waals surface area (Å²) >= 11 is 1.45. The third kappa shape index (κ3) is 4.37. The quantitative estimate of drug-likeness (QED) is 0.935. The van der Waals surface area contributed by atoms with Gasteiger partial charge in [0.1, 0.15) is 0 Å². The van der Waals surface area contributed by atoms with Crippen molar-refractivity contribution in [2.24, 2.45) is 0 Å². The molecule has 2 aromatic rings. The first-order valence-corrected chi connectivity index (χ1v) is 8.71. The van der Waals surface area contributed by atoms with Crippen LogP contribution in [0.4, 0.5) is 5.13 Å². The number of nitrogens with zero attached hydrogens (tertiary/aromatic N) is 3. The van der Waals surface area contributed by atoms with Gasteiger partial charge < -0.3 is 4.90 Å². The number of aryl methyl sites for hydroxylation is 1. The fourth-order valence-corrected chi connectivity index (χ4v) is 3.29. The number of benzene rings is 1. The maximum absolute atomic E-state index is 12.2. The van der Waals surface area contributed by atoms with Gasteiger partial charge in [-0.2, -0.15) is 0 Å². The van der Waals surface area contributed by atoms with E-state index in [1.54, 1.807) is 0 Å². The molecule has 0 bridgehead atoms. The van der Waals surface area contributed by atoms with Crippen LogP contribution in [0.5, 0.6) is 0 Å². The van der Waals surface area contributed by atoms with Crippen molar-refractivity contribution in [3.63, 3.8) is 0 Å². The number of piperazine rings is 1. The molecule has 23 heavy (non-hydrogen) atoms. The Morgan fingerprint density at radius 2 is 1.91 bits per heavy atom. The van der Waals surface area contributed by atoms with Crippen molar-refractivity contribution >= 4 is 22.4 Å². The summed E-state index contributed by atoms with van der Waals surface area (Å²) in [6, 6.07) is 7.86. The van der Waals surface area contributed by atoms with Gasteiger partial charge in [-0.3, -0.25) is 15.0 Å². The van der Waals surface area contributed by atoms with Gasteiger partial charge in [0.15, 0.2) is 5.13 Å². The highest BCUT2D eigenvalue weighted by Gasteiger charge is 2.14. The molecule has 5 nitrogen and oxygen atoms in total. The summed E-state index contributed by atoms with van der Waals surface area (Å²) in [7, 11) is 2.16. The number of amides is 1. The summed E-state index contributed by atoms with van der Waals surface area (Å²) in [6.45, 7) is 7.30. The van der Waals surface area contributed by atoms with E-state index in [0.717, 1.165) is 38.4 Å². The first-order valence-electron chi connectivity index (χ1n) is 7.83. The topological polar surface area (TPSA) is 48.5 Å². The number of hydrogen-bond donors (Lipinski definition) is 1. The largest absolute Gasteiger partial charge is 0.304 e. The van der Waals surface area contributed by atoms with Gasteiger partial charge in [0.05, 0.1) is 5.69 Å². The molecule has 2 heterocycles. The predicted molar refractivity (Wildman–Crippen MR) is 94.0 cm³/mol. The van der Waals surface area contributed by atoms with E-state index >= 15 is 0 Å². The van der Waals surface area contributed by atoms with E-state index in [1.165, 1.54) is 16.9 Å². The van der Waals surface area contributed by atoms with Crippen LogP contribution in [-0.4, -0.2) is 53.9 Å². The van der Waals surface area contributed by atoms with E-state index in [0.29, 0.717) is 10.7 Å². The number of carbonyl (C=O) groups is 1. The van der Waals surface area contributed by atoms with Crippen LogP contribution in [0.3, 0.4) is 0 Å². The SMILES string of the molecule is Cc1csc(NC(=O)c2ccc(CN3CCN(C)CC3)cc2)n1. The van der Waals surface area contributed by atoms with E-state index in [9.17, 15) is 4.79 Å². The summed E-state index contributed by atoms with van der Waals surface area (Å²) in [6.07, 6.45) is 0. The molecular weight excluding hydrogens is 308 g/mol. The lowest BCUT2D eigenvalue weighted by molar-refractivity contribution is 0.102. The molecule has 1 amide bonds. The van der Waals surface area contributed by atoms with Gasteiger partial charge in [0.25, 0.3) is 5.91 Å². The van der Waals surface area contributed by atoms with Gasteiger partial charge >= 0.3 is 0 Å². The van der Waals surface area contributed by atoms with Crippen molar-refractivity contribution in [1.82, 2.24) is 14.8 Å². The average Bonchev–Trinajstić information content (AvgIpc) is 2.95. The molecule has 3 rings (SSSR count). The Kier molecular flexibility index (Phi) is 5.05. The van der Waals surface area contributed by atoms with E-state index in [1.807, 2.05) is 36.6 Å². The number of nitrogens with one attached hydrogen (secondary N) is 1. The van der Waals surface area contributed by atoms with E-state index < -0.39 is 0 Å². The zero-order valence-corrected chi connectivity index (χ0v) is 14.4. The highest BCUT2D eigenvalue weighted by atomic mass is 32.1. The summed E-state index contributed by atoms with van der Waals surface area (Å²) in [4.78, 5) is 21.3. The number of hydrogen-bond acceptors (Lipinski definition) is 5. The molecule has 0 atom stereocenters. The van der Waals surface area contributed by atoms with Gasteiger partial charge in [0, 0.05) is 43.7 Å². The minimum Gasteiger partial charge on any atom is -0.304 e. The van der Waals surface area contributed by atoms with Gasteiger partial charge in [-0.25, -0.2) is 4.98 Å². The van der Waals surface area contributed by atoms with E-state index in [-0.39, 0.29) is 5.91 Å². The Morgan fingerprint density at radius 1 is 1.22 bits per heavy atom. The lowest BCUT2D eigenvalue weighted by Crippen LogP contribution is -2.43. The van der Waals surface area contributed by atoms with Crippen LogP contribution in [-0.2, 0) is 6.54 Å². The van der Waals surface area contributed by atoms with Gasteiger partial charge in [-0.05, 0) is 31.7 Å². The van der Waals surface area contributed by atoms with E-state index in [4.69, 9.17) is 0 Å². The van der Waals surface area contributed by atoms with Crippen LogP contribution >= 0.6 is 11.3 Å². The second-order valence-electron chi connectivity index (χ2n) is 6.02. The van der Waals surface area contributed by atoms with Crippen molar-refractivity contribution < 1.29 is 4.79 Å². The molecule has 1 aromatic carbocycles. The van der Waals surface area contributed by atoms with Crippen LogP contribution in [0.15, 0.2) is 29.6 Å². The molecule has 1 fully saturated rings. The van der Waals surface area contributed by atoms with Crippen molar-refractivity contribution in [3.05, 3.63) is 46.5 Å². The van der Waals surface area contributed by atoms with Gasteiger partial charge in [-0.15, -0.1) is 11.3 Å². The van der Waals surface area contributed by atoms with Crippen LogP contribution in [0, 0.1) is 6.92 Å². The van der Waals surface area contributed by atoms with Gasteiger partial charge in [0.2, 0.25) is 0 Å². The van der Waals surface area contributed by atoms with E-state index in [2.05, 4.69) is 27.1 Å². The number of rotatable bonds is 4. The third-order valence-electron chi connectivity index (χ3n) is 4.06. The fourth-order valence-electron chi connectivity index (χ4n) is 2.61. The second-order valence-corrected chi connectivity index (χ2v) is 6.88. The number of aromatic nitrogens is 1. The maximum Gasteiger partial charge on any atom is 0.257 e. The van der Waals surface area contributed by atoms with Crippen LogP contribution in [0.25, 0.3) is 0 Å². The first-order chi connectivity index (χ1) is 11.1. The zero-order chi connectivity index (χ0) is 16.2. The van der Waals surface area contributed by atoms with Crippen molar-refractivity contribution in [3.8, 4) is 0 Å². The van der Waals surface area contributed by atoms with Crippen molar-refractivity contribution in [2.75, 3.05) is 38.5 Å². The fraction of sp³-hybridized carbons (Fsp3) is 0.412. The summed E-state index contributed by atoms with van der Waals surface area (Å²) < 4.78 is 0. The van der Waals surface area contributed by atoms with Crippen LogP contribution < -0.4 is 5.32 Å². The van der Waals surface area contributed by atoms with Gasteiger partial charge in [-0.1, -0.05) is 12.1 Å². The normalized spacial score (nSPS) is 16.4. The van der Waals surface area contributed by atoms with Crippen LogP contribution in [0.1, 0.15) is 21.6 Å². The Balaban J connectivity index is 1.57. The molecule has 6 heteroatoms. The molecule has 1 aliphatic heterocycles. The summed E-state index contributed by atoms with van der Waals surface area (Å²) in [5.74, 6) is -0.106. The molecule has 122 valence electrons. The van der Waals surface area contributed by atoms with Crippen molar-refractivity contribution in [2.45, 2.75) is 13.5 Å². The maximum atomic E-state index is 12.2. The lowest BCUT2D eigenvalue weighted by Gasteiger charge is -2.32. The molecule has 0 radical (unpaired) electrons. The number of likely N-dealkylation sites (N-methyl/N-ethyl adjacent to an activating group) is 1. The first kappa shape index (κ1) is 16.1. The molecule has 0 unspecified atom stereocenters. The highest BCUT2D eigenvalue weighted by molar-refractivity contribution is 7.13. The smallest absolute Gasteiger partial charge is 0.257 e. The molecule has 1 saturated heterocycles. The second kappa shape index (κ2) is 7.21. The number of carbonyl (C=O) groups excluding carboxylic acids is 1. The number of anilines is 1. The Hall–Kier alpha value is -1.76. The highest BCUT2D eigenvalue weighted by Crippen LogP contribution is 2.16.